The molecule has 0 bridgehead atoms. The average molecular weight is 620 g/mol. The summed E-state index contributed by atoms with van der Waals surface area (Å²) in [7, 11) is 1.59. The van der Waals surface area contributed by atoms with Gasteiger partial charge in [-0.3, -0.25) is 14.2 Å². The Morgan fingerprint density at radius 2 is 1.89 bits per heavy atom. The maximum absolute atomic E-state index is 14.6. The van der Waals surface area contributed by atoms with Crippen LogP contribution < -0.4 is 10.3 Å². The summed E-state index contributed by atoms with van der Waals surface area (Å²) in [6, 6.07) is 13.4. The van der Waals surface area contributed by atoms with Gasteiger partial charge in [-0.25, -0.2) is 13.8 Å². The third-order valence-corrected chi connectivity index (χ3v) is 9.06. The van der Waals surface area contributed by atoms with Crippen LogP contribution >= 0.6 is 11.3 Å². The van der Waals surface area contributed by atoms with Crippen molar-refractivity contribution in [1.29, 1.82) is 0 Å². The van der Waals surface area contributed by atoms with E-state index in [1.54, 1.807) is 29.9 Å². The van der Waals surface area contributed by atoms with Crippen molar-refractivity contribution in [2.75, 3.05) is 20.2 Å². The lowest BCUT2D eigenvalue weighted by molar-refractivity contribution is 0.0680. The second-order valence-corrected chi connectivity index (χ2v) is 12.8. The van der Waals surface area contributed by atoms with Gasteiger partial charge < -0.3 is 9.64 Å². The molecule has 1 atom stereocenters. The van der Waals surface area contributed by atoms with Gasteiger partial charge in [-0.15, -0.1) is 11.3 Å². The van der Waals surface area contributed by atoms with Gasteiger partial charge in [0.1, 0.15) is 10.8 Å². The number of amides is 1. The molecular formula is C35H39F2N3O3S. The van der Waals surface area contributed by atoms with E-state index >= 15 is 0 Å². The highest BCUT2D eigenvalue weighted by Gasteiger charge is 2.29. The maximum Gasteiger partial charge on any atom is 0.265 e. The van der Waals surface area contributed by atoms with E-state index in [4.69, 9.17) is 9.72 Å². The minimum atomic E-state index is -2.55. The Bertz CT molecular complexity index is 1690. The molecule has 232 valence electrons. The predicted molar refractivity (Wildman–Crippen MR) is 172 cm³/mol. The minimum Gasteiger partial charge on any atom is -0.497 e. The molecule has 1 amide bonds. The van der Waals surface area contributed by atoms with Crippen molar-refractivity contribution in [3.63, 3.8) is 0 Å². The maximum atomic E-state index is 14.6. The van der Waals surface area contributed by atoms with Crippen molar-refractivity contribution >= 4 is 17.2 Å². The lowest BCUT2D eigenvalue weighted by Gasteiger charge is -2.32. The Kier molecular flexibility index (Phi) is 9.63. The lowest BCUT2D eigenvalue weighted by Crippen LogP contribution is -2.40. The van der Waals surface area contributed by atoms with Crippen molar-refractivity contribution < 1.29 is 18.3 Å². The van der Waals surface area contributed by atoms with Gasteiger partial charge >= 0.3 is 0 Å². The Hall–Kier alpha value is -3.85. The largest absolute Gasteiger partial charge is 0.497 e. The number of halogens is 2. The number of aromatic nitrogens is 2. The van der Waals surface area contributed by atoms with E-state index in [0.29, 0.717) is 76.4 Å². The van der Waals surface area contributed by atoms with Crippen molar-refractivity contribution in [3.8, 4) is 33.3 Å². The molecule has 2 aromatic heterocycles. The lowest BCUT2D eigenvalue weighted by atomic mass is 9.96. The van der Waals surface area contributed by atoms with Crippen LogP contribution in [-0.2, 0) is 12.8 Å². The first kappa shape index (κ1) is 31.6. The smallest absolute Gasteiger partial charge is 0.265 e. The van der Waals surface area contributed by atoms with Crippen molar-refractivity contribution in [1.82, 2.24) is 14.5 Å². The molecule has 0 N–H and O–H groups in total. The summed E-state index contributed by atoms with van der Waals surface area (Å²) in [4.78, 5) is 35.6. The first-order valence-corrected chi connectivity index (χ1v) is 16.1. The summed E-state index contributed by atoms with van der Waals surface area (Å²) in [5.74, 6) is 1.11. The zero-order valence-electron chi connectivity index (χ0n) is 25.9. The molecule has 0 unspecified atom stereocenters. The number of rotatable bonds is 9. The number of piperidine rings is 1. The van der Waals surface area contributed by atoms with Gasteiger partial charge in [0.15, 0.2) is 0 Å². The number of alkyl halides is 2. The molecule has 0 saturated carbocycles. The van der Waals surface area contributed by atoms with Gasteiger partial charge in [-0.2, -0.15) is 0 Å². The van der Waals surface area contributed by atoms with Crippen molar-refractivity contribution in [3.05, 3.63) is 86.6 Å². The fourth-order valence-corrected chi connectivity index (χ4v) is 6.72. The van der Waals surface area contributed by atoms with E-state index in [1.807, 2.05) is 35.4 Å². The normalized spacial score (nSPS) is 15.3. The first-order valence-electron chi connectivity index (χ1n) is 15.2. The van der Waals surface area contributed by atoms with E-state index in [0.717, 1.165) is 18.4 Å². The van der Waals surface area contributed by atoms with Gasteiger partial charge in [-0.1, -0.05) is 58.0 Å². The fourth-order valence-electron chi connectivity index (χ4n) is 5.89. The Labute approximate surface area is 261 Å². The summed E-state index contributed by atoms with van der Waals surface area (Å²) >= 11 is 1.30. The molecule has 2 aromatic carbocycles. The van der Waals surface area contributed by atoms with E-state index in [2.05, 4.69) is 20.8 Å². The molecule has 5 rings (SSSR count). The summed E-state index contributed by atoms with van der Waals surface area (Å²) in [5.41, 5.74) is 4.09. The summed E-state index contributed by atoms with van der Waals surface area (Å²) in [6.45, 7) is 9.71. The zero-order valence-corrected chi connectivity index (χ0v) is 26.7. The van der Waals surface area contributed by atoms with Crippen LogP contribution in [0.25, 0.3) is 27.5 Å². The predicted octanol–water partition coefficient (Wildman–Crippen LogP) is 8.21. The third-order valence-electron chi connectivity index (χ3n) is 8.19. The highest BCUT2D eigenvalue weighted by molar-refractivity contribution is 7.13. The van der Waals surface area contributed by atoms with Crippen molar-refractivity contribution in [2.45, 2.75) is 59.8 Å². The number of hydrogen-bond donors (Lipinski definition) is 0. The number of aryl methyl sites for hydroxylation is 1. The highest BCUT2D eigenvalue weighted by atomic mass is 32.1. The Morgan fingerprint density at radius 1 is 1.14 bits per heavy atom. The number of benzene rings is 2. The number of carbonyl (C=O) groups excluding carboxylic acids is 1. The molecule has 3 heterocycles. The van der Waals surface area contributed by atoms with E-state index < -0.39 is 6.43 Å². The van der Waals surface area contributed by atoms with Crippen LogP contribution in [0.4, 0.5) is 8.78 Å². The number of hydrogen-bond acceptors (Lipinski definition) is 5. The fraction of sp³-hybridized carbons (Fsp3) is 0.400. The number of pyridine rings is 1. The monoisotopic (exact) mass is 619 g/mol. The number of methoxy groups -OCH3 is 1. The van der Waals surface area contributed by atoms with Crippen LogP contribution in [0.2, 0.25) is 0 Å². The van der Waals surface area contributed by atoms with E-state index in [-0.39, 0.29) is 22.9 Å². The zero-order chi connectivity index (χ0) is 31.5. The molecule has 1 aliphatic rings. The first-order chi connectivity index (χ1) is 21.1. The third kappa shape index (κ3) is 6.48. The molecule has 1 saturated heterocycles. The summed E-state index contributed by atoms with van der Waals surface area (Å²) in [5, 5.41) is 2.28. The van der Waals surface area contributed by atoms with Crippen LogP contribution in [0.5, 0.6) is 5.75 Å². The van der Waals surface area contributed by atoms with Gasteiger partial charge in [0.05, 0.1) is 29.6 Å². The second kappa shape index (κ2) is 13.4. The summed E-state index contributed by atoms with van der Waals surface area (Å²) < 4.78 is 33.5. The molecule has 6 nitrogen and oxygen atoms in total. The number of carbonyl (C=O) groups is 1. The van der Waals surface area contributed by atoms with E-state index in [1.165, 1.54) is 23.5 Å². The average Bonchev–Trinajstić information content (AvgIpc) is 3.50. The number of ether oxygens (including phenoxy) is 1. The topological polar surface area (TPSA) is 64.4 Å². The minimum absolute atomic E-state index is 0.0620. The molecule has 9 heteroatoms. The molecular weight excluding hydrogens is 580 g/mol. The van der Waals surface area contributed by atoms with E-state index in [9.17, 15) is 18.4 Å². The van der Waals surface area contributed by atoms with Gasteiger partial charge in [0.2, 0.25) is 0 Å². The molecule has 1 aliphatic heterocycles. The second-order valence-electron chi connectivity index (χ2n) is 12.0. The van der Waals surface area contributed by atoms with Crippen molar-refractivity contribution in [2.24, 2.45) is 11.8 Å². The molecule has 4 aromatic rings. The Balaban J connectivity index is 1.75. The standard InChI is InChI=1S/C35H39F2N3O3S/c1-6-23-13-14-26(43-5)17-30(23)40-31(16-21(2)3)27(34(41)39-15-7-8-22(4)19-39)18-28(35(40)42)33-38-29(20-44-33)24-9-11-25(12-10-24)32(36)37/h9-14,17-18,20-22,32H,6-8,15-16,19H2,1-5H3/t22-/m1/s1. The van der Waals surface area contributed by atoms with Crippen LogP contribution in [0.15, 0.2) is 58.7 Å². The molecule has 44 heavy (non-hydrogen) atoms. The molecule has 0 aliphatic carbocycles. The highest BCUT2D eigenvalue weighted by Crippen LogP contribution is 2.33. The molecule has 0 radical (unpaired) electrons. The van der Waals surface area contributed by atoms with Crippen LogP contribution in [0.3, 0.4) is 0 Å². The summed E-state index contributed by atoms with van der Waals surface area (Å²) in [6.07, 6.45) is 0.674. The van der Waals surface area contributed by atoms with Crippen LogP contribution in [0.1, 0.15) is 74.1 Å². The van der Waals surface area contributed by atoms with Gasteiger partial charge in [0.25, 0.3) is 17.9 Å². The van der Waals surface area contributed by atoms with Gasteiger partial charge in [-0.05, 0) is 55.2 Å². The number of nitrogens with zero attached hydrogens (tertiary/aromatic N) is 3. The van der Waals surface area contributed by atoms with Crippen LogP contribution in [0, 0.1) is 11.8 Å². The Morgan fingerprint density at radius 3 is 2.52 bits per heavy atom. The molecule has 0 spiro atoms. The number of thiazole rings is 1. The van der Waals surface area contributed by atoms with Crippen LogP contribution in [-0.4, -0.2) is 40.6 Å². The quantitative estimate of drug-likeness (QED) is 0.189. The molecule has 1 fully saturated rings. The SMILES string of the molecule is CCc1ccc(OC)cc1-n1c(CC(C)C)c(C(=O)N2CCC[C@@H](C)C2)cc(-c2nc(-c3ccc(C(F)F)cc3)cs2)c1=O. The number of likely N-dealkylation sites (tertiary alicyclic amines) is 1. The van der Waals surface area contributed by atoms with Gasteiger partial charge in [0, 0.05) is 41.4 Å².